The van der Waals surface area contributed by atoms with Crippen LogP contribution in [0.1, 0.15) is 25.3 Å². The maximum atomic E-state index is 14.2. The maximum Gasteiger partial charge on any atom is 0.238 e. The van der Waals surface area contributed by atoms with Gasteiger partial charge in [0.25, 0.3) is 0 Å². The minimum Gasteiger partial charge on any atom is -0.508 e. The highest BCUT2D eigenvalue weighted by Gasteiger charge is 2.57. The lowest BCUT2D eigenvalue weighted by Crippen LogP contribution is -2.41. The van der Waals surface area contributed by atoms with Crippen molar-refractivity contribution < 1.29 is 33.8 Å². The normalized spacial score (nSPS) is 27.6. The molecule has 2 fully saturated rings. The van der Waals surface area contributed by atoms with Crippen LogP contribution in [0.3, 0.4) is 0 Å². The highest BCUT2D eigenvalue weighted by molar-refractivity contribution is 6.25. The van der Waals surface area contributed by atoms with E-state index in [1.54, 1.807) is 31.4 Å². The van der Waals surface area contributed by atoms with Crippen molar-refractivity contribution in [2.45, 2.75) is 26.2 Å². The van der Waals surface area contributed by atoms with Crippen LogP contribution >= 0.6 is 0 Å². The first-order valence-corrected chi connectivity index (χ1v) is 15.5. The molecule has 0 saturated carbocycles. The third kappa shape index (κ3) is 4.32. The monoisotopic (exact) mass is 604 g/mol. The molecule has 1 N–H and O–H groups in total. The minimum absolute atomic E-state index is 0.107. The Balaban J connectivity index is 1.16. The Labute approximate surface area is 260 Å². The summed E-state index contributed by atoms with van der Waals surface area (Å²) in [4.78, 5) is 58.8. The molecule has 3 aliphatic carbocycles. The van der Waals surface area contributed by atoms with E-state index in [0.717, 1.165) is 35.5 Å². The Morgan fingerprint density at radius 1 is 0.911 bits per heavy atom. The molecular formula is C36H32N2O7. The van der Waals surface area contributed by atoms with Crippen molar-refractivity contribution in [2.24, 2.45) is 23.7 Å². The average Bonchev–Trinajstić information content (AvgIpc) is 3.32. The fourth-order valence-electron chi connectivity index (χ4n) is 8.06. The molecule has 0 aromatic heterocycles. The molecule has 0 bridgehead atoms. The Bertz CT molecular complexity index is 1810. The summed E-state index contributed by atoms with van der Waals surface area (Å²) in [5.41, 5.74) is 5.21. The molecule has 45 heavy (non-hydrogen) atoms. The van der Waals surface area contributed by atoms with Gasteiger partial charge in [0.2, 0.25) is 11.8 Å². The summed E-state index contributed by atoms with van der Waals surface area (Å²) in [5.74, 6) is -2.38. The number of anilines is 2. The van der Waals surface area contributed by atoms with Crippen molar-refractivity contribution >= 4 is 34.8 Å². The molecule has 2 aromatic carbocycles. The van der Waals surface area contributed by atoms with Crippen LogP contribution in [-0.4, -0.2) is 54.8 Å². The van der Waals surface area contributed by atoms with Crippen molar-refractivity contribution in [2.75, 3.05) is 36.1 Å². The van der Waals surface area contributed by atoms with E-state index in [9.17, 15) is 24.3 Å². The molecular weight excluding hydrogens is 572 g/mol. The third-order valence-electron chi connectivity index (χ3n) is 10.2. The highest BCUT2D eigenvalue weighted by Crippen LogP contribution is 2.55. The van der Waals surface area contributed by atoms with E-state index in [4.69, 9.17) is 9.47 Å². The van der Waals surface area contributed by atoms with Gasteiger partial charge < -0.3 is 19.5 Å². The van der Waals surface area contributed by atoms with E-state index in [1.807, 2.05) is 30.3 Å². The summed E-state index contributed by atoms with van der Waals surface area (Å²) in [6, 6.07) is 12.4. The van der Waals surface area contributed by atoms with E-state index in [0.29, 0.717) is 54.2 Å². The lowest BCUT2D eigenvalue weighted by atomic mass is 9.58. The number of hydrogen-bond donors (Lipinski definition) is 1. The number of carbonyl (C=O) groups excluding carboxylic acids is 4. The zero-order valence-corrected chi connectivity index (χ0v) is 24.8. The molecule has 4 atom stereocenters. The zero-order valence-electron chi connectivity index (χ0n) is 24.8. The maximum absolute atomic E-state index is 14.2. The third-order valence-corrected chi connectivity index (χ3v) is 10.2. The number of fused-ring (bicyclic) bond motifs is 4. The van der Waals surface area contributed by atoms with Gasteiger partial charge in [0.1, 0.15) is 11.5 Å². The number of carbonyl (C=O) groups is 4. The van der Waals surface area contributed by atoms with Gasteiger partial charge in [-0.25, -0.2) is 0 Å². The number of Topliss-reactive ketones (excluding diaryl/α,β-unsaturated/α-hetero) is 1. The zero-order chi connectivity index (χ0) is 31.0. The van der Waals surface area contributed by atoms with Crippen LogP contribution in [0.2, 0.25) is 0 Å². The molecule has 0 radical (unpaired) electrons. The second-order valence-corrected chi connectivity index (χ2v) is 12.6. The molecule has 6 aliphatic rings. The Kier molecular flexibility index (Phi) is 6.42. The van der Waals surface area contributed by atoms with E-state index in [1.165, 1.54) is 11.0 Å². The predicted molar refractivity (Wildman–Crippen MR) is 165 cm³/mol. The second-order valence-electron chi connectivity index (χ2n) is 12.6. The smallest absolute Gasteiger partial charge is 0.238 e. The molecule has 8 rings (SSSR count). The topological polar surface area (TPSA) is 113 Å². The number of allylic oxidation sites excluding steroid dienone is 7. The molecule has 3 heterocycles. The standard InChI is InChI=1S/C36H32N2O7/c1-19-14-29(40)28-17-27-25(31(33(28)34(19)41)21-15-20-16-24(39)6-9-30(20)45-18-21)7-8-26-32(27)36(43)38(35(26)42)23-4-2-22(3-5-23)37-10-12-44-13-11-37/h2-7,9,14,16,18,26-27,31-32,39H,8,10-13,15,17H2,1H3/t26-,27+,31-,32-/m0/s1. The van der Waals surface area contributed by atoms with E-state index in [2.05, 4.69) is 4.90 Å². The van der Waals surface area contributed by atoms with Crippen LogP contribution in [0, 0.1) is 23.7 Å². The summed E-state index contributed by atoms with van der Waals surface area (Å²) >= 11 is 0. The average molecular weight is 605 g/mol. The van der Waals surface area contributed by atoms with Gasteiger partial charge in [0.15, 0.2) is 11.6 Å². The van der Waals surface area contributed by atoms with E-state index in [-0.39, 0.29) is 35.6 Å². The van der Waals surface area contributed by atoms with E-state index >= 15 is 0 Å². The molecule has 228 valence electrons. The quantitative estimate of drug-likeness (QED) is 0.315. The predicted octanol–water partition coefficient (Wildman–Crippen LogP) is 4.21. The van der Waals surface area contributed by atoms with Crippen LogP contribution in [0.25, 0.3) is 0 Å². The molecule has 3 aliphatic heterocycles. The first-order valence-electron chi connectivity index (χ1n) is 15.5. The lowest BCUT2D eigenvalue weighted by Gasteiger charge is -2.43. The van der Waals surface area contributed by atoms with Crippen molar-refractivity contribution in [1.82, 2.24) is 0 Å². The first kappa shape index (κ1) is 27.8. The summed E-state index contributed by atoms with van der Waals surface area (Å²) in [6.45, 7) is 4.53. The molecule has 9 heteroatoms. The van der Waals surface area contributed by atoms with Gasteiger partial charge in [-0.15, -0.1) is 0 Å². The van der Waals surface area contributed by atoms with Crippen LogP contribution in [0.5, 0.6) is 11.5 Å². The summed E-state index contributed by atoms with van der Waals surface area (Å²) in [6.07, 6.45) is 6.03. The van der Waals surface area contributed by atoms with Gasteiger partial charge in [-0.05, 0) is 79.8 Å². The molecule has 2 saturated heterocycles. The summed E-state index contributed by atoms with van der Waals surface area (Å²) in [5, 5.41) is 10.1. The fourth-order valence-corrected chi connectivity index (χ4v) is 8.06. The number of rotatable bonds is 3. The number of nitrogens with zero attached hydrogens (tertiary/aromatic N) is 2. The van der Waals surface area contributed by atoms with Gasteiger partial charge >= 0.3 is 0 Å². The molecule has 9 nitrogen and oxygen atoms in total. The Morgan fingerprint density at radius 3 is 2.44 bits per heavy atom. The van der Waals surface area contributed by atoms with Crippen molar-refractivity contribution in [1.29, 1.82) is 0 Å². The number of phenols is 1. The van der Waals surface area contributed by atoms with Gasteiger partial charge in [-0.2, -0.15) is 0 Å². The summed E-state index contributed by atoms with van der Waals surface area (Å²) in [7, 11) is 0. The van der Waals surface area contributed by atoms with Crippen molar-refractivity contribution in [3.05, 3.63) is 94.3 Å². The molecule has 0 spiro atoms. The Hall–Kier alpha value is -4.76. The van der Waals surface area contributed by atoms with Crippen LogP contribution < -0.4 is 14.5 Å². The molecule has 0 unspecified atom stereocenters. The van der Waals surface area contributed by atoms with Crippen LogP contribution in [0.4, 0.5) is 11.4 Å². The SMILES string of the molecule is CC1=CC(=O)C2=C(C1=O)[C@@H](C1=COc3ccc(O)cc3C1)C1=CC[C@@H]3C(=O)N(c4ccc(N5CCOCC5)cc4)C(=O)[C@@H]3[C@@H]1C2. The first-order chi connectivity index (χ1) is 21.8. The van der Waals surface area contributed by atoms with E-state index < -0.39 is 23.7 Å². The second kappa shape index (κ2) is 10.4. The van der Waals surface area contributed by atoms with Crippen molar-refractivity contribution in [3.63, 3.8) is 0 Å². The number of phenolic OH excluding ortho intramolecular Hbond substituents is 1. The molecule has 2 aromatic rings. The fraction of sp³-hybridized carbons (Fsp3) is 0.333. The Morgan fingerprint density at radius 2 is 1.67 bits per heavy atom. The van der Waals surface area contributed by atoms with Crippen LogP contribution in [0.15, 0.2) is 88.7 Å². The minimum atomic E-state index is -0.649. The lowest BCUT2D eigenvalue weighted by molar-refractivity contribution is -0.123. The largest absolute Gasteiger partial charge is 0.508 e. The number of imide groups is 1. The number of aromatic hydroxyl groups is 1. The highest BCUT2D eigenvalue weighted by atomic mass is 16.5. The number of morpholine rings is 1. The molecule has 2 amide bonds. The van der Waals surface area contributed by atoms with Gasteiger partial charge in [-0.3, -0.25) is 24.1 Å². The van der Waals surface area contributed by atoms with Gasteiger partial charge in [0.05, 0.1) is 37.0 Å². The summed E-state index contributed by atoms with van der Waals surface area (Å²) < 4.78 is 11.4. The van der Waals surface area contributed by atoms with Gasteiger partial charge in [-0.1, -0.05) is 11.6 Å². The number of amides is 2. The number of benzene rings is 2. The number of ketones is 2. The number of hydrogen-bond acceptors (Lipinski definition) is 8. The van der Waals surface area contributed by atoms with Gasteiger partial charge in [0, 0.05) is 53.4 Å². The van der Waals surface area contributed by atoms with Crippen LogP contribution in [-0.2, 0) is 30.3 Å². The number of ether oxygens (including phenoxy) is 2. The van der Waals surface area contributed by atoms with Crippen molar-refractivity contribution in [3.8, 4) is 11.5 Å².